The molecule has 0 aliphatic carbocycles. The lowest BCUT2D eigenvalue weighted by Crippen LogP contribution is -2.25. The van der Waals surface area contributed by atoms with Crippen LogP contribution < -0.4 is 10.1 Å². The van der Waals surface area contributed by atoms with Gasteiger partial charge < -0.3 is 10.1 Å². The number of nitrogens with one attached hydrogen (secondary N) is 1. The van der Waals surface area contributed by atoms with E-state index < -0.39 is 0 Å². The molecular formula is C16H21N3O. The minimum absolute atomic E-state index is 0.0644. The molecule has 0 saturated heterocycles. The summed E-state index contributed by atoms with van der Waals surface area (Å²) in [5.74, 6) is 0.535. The second kappa shape index (κ2) is 7.01. The van der Waals surface area contributed by atoms with Crippen LogP contribution in [-0.2, 0) is 0 Å². The maximum atomic E-state index is 5.07. The fourth-order valence-electron chi connectivity index (χ4n) is 2.17. The predicted molar refractivity (Wildman–Crippen MR) is 79.9 cm³/mol. The number of methoxy groups -OCH3 is 1. The summed E-state index contributed by atoms with van der Waals surface area (Å²) < 4.78 is 5.07. The molecule has 0 fully saturated rings. The molecule has 0 radical (unpaired) electrons. The quantitative estimate of drug-likeness (QED) is 0.877. The van der Waals surface area contributed by atoms with Gasteiger partial charge in [0, 0.05) is 6.07 Å². The molecule has 1 atom stereocenters. The van der Waals surface area contributed by atoms with E-state index in [-0.39, 0.29) is 6.04 Å². The maximum Gasteiger partial charge on any atom is 0.233 e. The van der Waals surface area contributed by atoms with Crippen LogP contribution in [0.1, 0.15) is 36.2 Å². The van der Waals surface area contributed by atoms with Crippen LogP contribution in [0.25, 0.3) is 0 Å². The summed E-state index contributed by atoms with van der Waals surface area (Å²) in [4.78, 5) is 0. The van der Waals surface area contributed by atoms with E-state index in [1.54, 1.807) is 7.11 Å². The van der Waals surface area contributed by atoms with Crippen molar-refractivity contribution in [3.05, 3.63) is 53.2 Å². The Bertz CT molecular complexity index is 540. The molecule has 0 amide bonds. The first-order valence-electron chi connectivity index (χ1n) is 6.92. The van der Waals surface area contributed by atoms with Gasteiger partial charge in [-0.05, 0) is 37.1 Å². The fourth-order valence-corrected chi connectivity index (χ4v) is 2.17. The van der Waals surface area contributed by atoms with E-state index in [0.29, 0.717) is 5.88 Å². The van der Waals surface area contributed by atoms with Crippen molar-refractivity contribution in [1.29, 1.82) is 0 Å². The molecule has 1 heterocycles. The zero-order valence-electron chi connectivity index (χ0n) is 12.3. The highest BCUT2D eigenvalue weighted by atomic mass is 16.5. The average molecular weight is 271 g/mol. The number of aromatic nitrogens is 2. The number of aryl methyl sites for hydroxylation is 1. The summed E-state index contributed by atoms with van der Waals surface area (Å²) >= 11 is 0. The van der Waals surface area contributed by atoms with Gasteiger partial charge in [-0.25, -0.2) is 0 Å². The van der Waals surface area contributed by atoms with Crippen molar-refractivity contribution in [2.45, 2.75) is 26.3 Å². The molecule has 1 aromatic carbocycles. The highest BCUT2D eigenvalue weighted by Crippen LogP contribution is 2.23. The van der Waals surface area contributed by atoms with E-state index in [1.807, 2.05) is 12.1 Å². The molecule has 0 bridgehead atoms. The molecule has 20 heavy (non-hydrogen) atoms. The molecule has 1 unspecified atom stereocenters. The van der Waals surface area contributed by atoms with E-state index >= 15 is 0 Å². The number of ether oxygens (including phenoxy) is 1. The minimum atomic E-state index is 0.0644. The van der Waals surface area contributed by atoms with Gasteiger partial charge in [-0.3, -0.25) is 0 Å². The molecule has 2 aromatic rings. The van der Waals surface area contributed by atoms with Crippen molar-refractivity contribution in [3.63, 3.8) is 0 Å². The highest BCUT2D eigenvalue weighted by molar-refractivity contribution is 5.34. The Hall–Kier alpha value is -1.94. The van der Waals surface area contributed by atoms with Gasteiger partial charge in [0.1, 0.15) is 0 Å². The molecule has 106 valence electrons. The molecule has 0 aliphatic rings. The Balaban J connectivity index is 2.33. The van der Waals surface area contributed by atoms with Crippen molar-refractivity contribution >= 4 is 0 Å². The summed E-state index contributed by atoms with van der Waals surface area (Å²) in [5, 5.41) is 11.9. The first-order chi connectivity index (χ1) is 9.76. The standard InChI is InChI=1S/C16H21N3O/c1-4-11-17-16(13-8-6-5-7-12(13)2)14-9-10-15(20-3)19-18-14/h5-10,16-17H,4,11H2,1-3H3. The number of nitrogens with zero attached hydrogens (tertiary/aromatic N) is 2. The van der Waals surface area contributed by atoms with Gasteiger partial charge in [0.2, 0.25) is 5.88 Å². The van der Waals surface area contributed by atoms with E-state index in [4.69, 9.17) is 4.74 Å². The molecule has 0 aliphatic heterocycles. The summed E-state index contributed by atoms with van der Waals surface area (Å²) in [6, 6.07) is 12.2. The van der Waals surface area contributed by atoms with E-state index in [0.717, 1.165) is 18.7 Å². The Labute approximate surface area is 120 Å². The third-order valence-electron chi connectivity index (χ3n) is 3.26. The van der Waals surface area contributed by atoms with Crippen LogP contribution in [0.4, 0.5) is 0 Å². The summed E-state index contributed by atoms with van der Waals surface area (Å²) in [6.07, 6.45) is 1.08. The molecule has 0 saturated carbocycles. The minimum Gasteiger partial charge on any atom is -0.480 e. The van der Waals surface area contributed by atoms with Crippen molar-refractivity contribution < 1.29 is 4.74 Å². The lowest BCUT2D eigenvalue weighted by atomic mass is 9.98. The van der Waals surface area contributed by atoms with Crippen molar-refractivity contribution in [2.75, 3.05) is 13.7 Å². The predicted octanol–water partition coefficient (Wildman–Crippen LogP) is 2.88. The zero-order valence-corrected chi connectivity index (χ0v) is 12.3. The maximum absolute atomic E-state index is 5.07. The Morgan fingerprint density at radius 1 is 1.15 bits per heavy atom. The van der Waals surface area contributed by atoms with Crippen LogP contribution in [0.5, 0.6) is 5.88 Å². The van der Waals surface area contributed by atoms with E-state index in [2.05, 4.69) is 53.6 Å². The van der Waals surface area contributed by atoms with E-state index in [9.17, 15) is 0 Å². The Morgan fingerprint density at radius 2 is 1.95 bits per heavy atom. The summed E-state index contributed by atoms with van der Waals surface area (Å²) in [5.41, 5.74) is 3.40. The number of hydrogen-bond acceptors (Lipinski definition) is 4. The SMILES string of the molecule is CCCNC(c1ccc(OC)nn1)c1ccccc1C. The number of hydrogen-bond donors (Lipinski definition) is 1. The lowest BCUT2D eigenvalue weighted by Gasteiger charge is -2.20. The van der Waals surface area contributed by atoms with Crippen LogP contribution in [0, 0.1) is 6.92 Å². The normalized spacial score (nSPS) is 12.2. The van der Waals surface area contributed by atoms with Crippen LogP contribution in [0.3, 0.4) is 0 Å². The van der Waals surface area contributed by atoms with Crippen LogP contribution >= 0.6 is 0 Å². The van der Waals surface area contributed by atoms with E-state index in [1.165, 1.54) is 11.1 Å². The second-order valence-electron chi connectivity index (χ2n) is 4.74. The number of benzene rings is 1. The molecule has 4 nitrogen and oxygen atoms in total. The van der Waals surface area contributed by atoms with Gasteiger partial charge in [0.15, 0.2) is 0 Å². The summed E-state index contributed by atoms with van der Waals surface area (Å²) in [6.45, 7) is 5.21. The van der Waals surface area contributed by atoms with Crippen LogP contribution in [0.2, 0.25) is 0 Å². The van der Waals surface area contributed by atoms with Gasteiger partial charge in [0.25, 0.3) is 0 Å². The van der Waals surface area contributed by atoms with Crippen molar-refractivity contribution in [2.24, 2.45) is 0 Å². The molecule has 2 rings (SSSR count). The van der Waals surface area contributed by atoms with Gasteiger partial charge in [-0.1, -0.05) is 31.2 Å². The van der Waals surface area contributed by atoms with Gasteiger partial charge >= 0.3 is 0 Å². The molecular weight excluding hydrogens is 250 g/mol. The zero-order chi connectivity index (χ0) is 14.4. The van der Waals surface area contributed by atoms with Crippen molar-refractivity contribution in [3.8, 4) is 5.88 Å². The third kappa shape index (κ3) is 3.33. The van der Waals surface area contributed by atoms with Gasteiger partial charge in [-0.15, -0.1) is 10.2 Å². The van der Waals surface area contributed by atoms with Crippen LogP contribution in [0.15, 0.2) is 36.4 Å². The Morgan fingerprint density at radius 3 is 2.55 bits per heavy atom. The monoisotopic (exact) mass is 271 g/mol. The van der Waals surface area contributed by atoms with Gasteiger partial charge in [0.05, 0.1) is 18.8 Å². The molecule has 4 heteroatoms. The summed E-state index contributed by atoms with van der Waals surface area (Å²) in [7, 11) is 1.60. The fraction of sp³-hybridized carbons (Fsp3) is 0.375. The first kappa shape index (κ1) is 14.5. The second-order valence-corrected chi connectivity index (χ2v) is 4.74. The Kier molecular flexibility index (Phi) is 5.07. The largest absolute Gasteiger partial charge is 0.480 e. The first-order valence-corrected chi connectivity index (χ1v) is 6.92. The third-order valence-corrected chi connectivity index (χ3v) is 3.26. The van der Waals surface area contributed by atoms with Crippen molar-refractivity contribution in [1.82, 2.24) is 15.5 Å². The number of rotatable bonds is 6. The highest BCUT2D eigenvalue weighted by Gasteiger charge is 2.17. The molecule has 1 N–H and O–H groups in total. The van der Waals surface area contributed by atoms with Gasteiger partial charge in [-0.2, -0.15) is 0 Å². The molecule has 1 aromatic heterocycles. The lowest BCUT2D eigenvalue weighted by molar-refractivity contribution is 0.390. The average Bonchev–Trinajstić information content (AvgIpc) is 2.50. The van der Waals surface area contributed by atoms with Crippen LogP contribution in [-0.4, -0.2) is 23.9 Å². The smallest absolute Gasteiger partial charge is 0.233 e. The topological polar surface area (TPSA) is 47.0 Å². The molecule has 0 spiro atoms.